The third-order valence-electron chi connectivity index (χ3n) is 5.97. The summed E-state index contributed by atoms with van der Waals surface area (Å²) in [6.07, 6.45) is 15.4. The monoisotopic (exact) mass is 451 g/mol. The summed E-state index contributed by atoms with van der Waals surface area (Å²) < 4.78 is 0.632. The van der Waals surface area contributed by atoms with E-state index in [1.165, 1.54) is 53.6 Å². The van der Waals surface area contributed by atoms with Gasteiger partial charge in [-0.2, -0.15) is 0 Å². The highest BCUT2D eigenvalue weighted by Gasteiger charge is 2.33. The number of rotatable bonds is 1. The van der Waals surface area contributed by atoms with Gasteiger partial charge in [0.2, 0.25) is 0 Å². The largest absolute Gasteiger partial charge is 0.364 e. The molecule has 1 heterocycles. The van der Waals surface area contributed by atoms with E-state index in [1.54, 1.807) is 11.1 Å². The maximum atomic E-state index is 3.53. The minimum Gasteiger partial charge on any atom is -0.364 e. The van der Waals surface area contributed by atoms with Crippen LogP contribution in [0.15, 0.2) is 72.6 Å². The topological polar surface area (TPSA) is 12.0 Å². The molecule has 1 nitrogen and oxygen atoms in total. The summed E-state index contributed by atoms with van der Waals surface area (Å²) in [5.74, 6) is 0.453. The van der Waals surface area contributed by atoms with E-state index in [0.717, 1.165) is 0 Å². The Bertz CT molecular complexity index is 951. The van der Waals surface area contributed by atoms with Gasteiger partial charge in [0.05, 0.1) is 0 Å². The van der Waals surface area contributed by atoms with Gasteiger partial charge in [0.15, 0.2) is 0 Å². The predicted molar refractivity (Wildman–Crippen MR) is 118 cm³/mol. The first-order valence-electron chi connectivity index (χ1n) is 9.50. The van der Waals surface area contributed by atoms with Crippen LogP contribution >= 0.6 is 22.6 Å². The minimum atomic E-state index is 0.453. The molecule has 0 amide bonds. The lowest BCUT2D eigenvalue weighted by molar-refractivity contribution is 0.618. The predicted octanol–water partition coefficient (Wildman–Crippen LogP) is 5.84. The summed E-state index contributed by atoms with van der Waals surface area (Å²) in [5, 5.41) is 3.53. The molecule has 130 valence electrons. The van der Waals surface area contributed by atoms with Crippen LogP contribution in [0.3, 0.4) is 0 Å². The molecule has 0 fully saturated rings. The molecule has 0 spiro atoms. The van der Waals surface area contributed by atoms with E-state index < -0.39 is 0 Å². The second kappa shape index (κ2) is 6.73. The van der Waals surface area contributed by atoms with Crippen LogP contribution in [0.25, 0.3) is 11.1 Å². The summed E-state index contributed by atoms with van der Waals surface area (Å²) in [4.78, 5) is 0. The minimum absolute atomic E-state index is 0.453. The SMILES string of the molecule is IC1CCc2c(ccc3c2CCc2ccccc2-3)C1C1=CC=CC=CN1. The van der Waals surface area contributed by atoms with Crippen LogP contribution in [0.1, 0.15) is 34.6 Å². The molecular weight excluding hydrogens is 429 g/mol. The van der Waals surface area contributed by atoms with Gasteiger partial charge in [0.1, 0.15) is 0 Å². The van der Waals surface area contributed by atoms with Crippen molar-refractivity contribution in [2.24, 2.45) is 0 Å². The highest BCUT2D eigenvalue weighted by Crippen LogP contribution is 2.45. The first-order valence-corrected chi connectivity index (χ1v) is 10.7. The van der Waals surface area contributed by atoms with E-state index in [0.29, 0.717) is 9.84 Å². The Morgan fingerprint density at radius 2 is 1.77 bits per heavy atom. The first-order chi connectivity index (χ1) is 12.8. The molecule has 2 heteroatoms. The standard InChI is InChI=1S/C24H22IN/c25-22-14-13-20-19-10-9-16-6-3-4-7-17(16)18(19)11-12-21(20)24(22)23-8-2-1-5-15-26-23/h1-8,11-12,15,22,24,26H,9-10,13-14H2. The molecule has 0 saturated carbocycles. The van der Waals surface area contributed by atoms with Crippen LogP contribution in [0.5, 0.6) is 0 Å². The number of alkyl halides is 1. The van der Waals surface area contributed by atoms with Gasteiger partial charge < -0.3 is 5.32 Å². The van der Waals surface area contributed by atoms with Gasteiger partial charge in [-0.15, -0.1) is 0 Å². The molecule has 1 N–H and O–H groups in total. The molecule has 1 aliphatic heterocycles. The summed E-state index contributed by atoms with van der Waals surface area (Å²) in [5.41, 5.74) is 10.5. The molecule has 2 aromatic carbocycles. The molecule has 0 saturated heterocycles. The van der Waals surface area contributed by atoms with Gasteiger partial charge in [-0.1, -0.05) is 71.1 Å². The first kappa shape index (κ1) is 16.4. The van der Waals surface area contributed by atoms with Gasteiger partial charge in [0.25, 0.3) is 0 Å². The van der Waals surface area contributed by atoms with Gasteiger partial charge >= 0.3 is 0 Å². The van der Waals surface area contributed by atoms with Crippen molar-refractivity contribution in [3.8, 4) is 11.1 Å². The van der Waals surface area contributed by atoms with Crippen molar-refractivity contribution in [1.82, 2.24) is 5.32 Å². The average Bonchev–Trinajstić information content (AvgIpc) is 2.96. The second-order valence-corrected chi connectivity index (χ2v) is 8.96. The van der Waals surface area contributed by atoms with E-state index in [1.807, 2.05) is 0 Å². The Hall–Kier alpha value is -1.81. The molecular formula is C24H22IN. The number of allylic oxidation sites excluding steroid dienone is 5. The Morgan fingerprint density at radius 1 is 0.846 bits per heavy atom. The van der Waals surface area contributed by atoms with E-state index in [2.05, 4.69) is 94.8 Å². The molecule has 26 heavy (non-hydrogen) atoms. The molecule has 0 radical (unpaired) electrons. The maximum absolute atomic E-state index is 3.53. The summed E-state index contributed by atoms with van der Waals surface area (Å²) in [6, 6.07) is 13.7. The lowest BCUT2D eigenvalue weighted by Crippen LogP contribution is -2.28. The zero-order valence-corrected chi connectivity index (χ0v) is 16.9. The summed E-state index contributed by atoms with van der Waals surface area (Å²) >= 11 is 2.66. The van der Waals surface area contributed by atoms with Crippen LogP contribution < -0.4 is 5.32 Å². The molecule has 0 aromatic heterocycles. The third kappa shape index (κ3) is 2.66. The van der Waals surface area contributed by atoms with Crippen LogP contribution in [-0.2, 0) is 19.3 Å². The van der Waals surface area contributed by atoms with E-state index in [4.69, 9.17) is 0 Å². The molecule has 2 atom stereocenters. The van der Waals surface area contributed by atoms with Crippen LogP contribution in [0, 0.1) is 0 Å². The lowest BCUT2D eigenvalue weighted by atomic mass is 9.74. The number of fused-ring (bicyclic) bond motifs is 5. The number of hydrogen-bond acceptors (Lipinski definition) is 1. The fourth-order valence-electron chi connectivity index (χ4n) is 4.77. The fraction of sp³-hybridized carbons (Fsp3) is 0.250. The van der Waals surface area contributed by atoms with Crippen LogP contribution in [0.2, 0.25) is 0 Å². The average molecular weight is 451 g/mol. The van der Waals surface area contributed by atoms with Gasteiger partial charge in [-0.25, -0.2) is 0 Å². The third-order valence-corrected chi connectivity index (χ3v) is 7.31. The number of benzene rings is 2. The van der Waals surface area contributed by atoms with Crippen molar-refractivity contribution >= 4 is 22.6 Å². The van der Waals surface area contributed by atoms with Gasteiger partial charge in [-0.05, 0) is 71.2 Å². The number of halogens is 1. The fourth-order valence-corrected chi connectivity index (χ4v) is 5.85. The zero-order chi connectivity index (χ0) is 17.5. The number of hydrogen-bond donors (Lipinski definition) is 1. The van der Waals surface area contributed by atoms with E-state index >= 15 is 0 Å². The quantitative estimate of drug-likeness (QED) is 0.424. The summed E-state index contributed by atoms with van der Waals surface area (Å²) in [7, 11) is 0. The van der Waals surface area contributed by atoms with Gasteiger partial charge in [0, 0.05) is 21.7 Å². The van der Waals surface area contributed by atoms with Gasteiger partial charge in [-0.3, -0.25) is 0 Å². The Morgan fingerprint density at radius 3 is 2.73 bits per heavy atom. The highest BCUT2D eigenvalue weighted by atomic mass is 127. The van der Waals surface area contributed by atoms with Crippen molar-refractivity contribution in [2.75, 3.05) is 0 Å². The van der Waals surface area contributed by atoms with Crippen LogP contribution in [-0.4, -0.2) is 3.92 Å². The van der Waals surface area contributed by atoms with Crippen molar-refractivity contribution in [3.63, 3.8) is 0 Å². The number of aryl methyl sites for hydroxylation is 1. The van der Waals surface area contributed by atoms with Crippen molar-refractivity contribution < 1.29 is 0 Å². The van der Waals surface area contributed by atoms with E-state index in [9.17, 15) is 0 Å². The smallest absolute Gasteiger partial charge is 0.0361 e. The van der Waals surface area contributed by atoms with Crippen molar-refractivity contribution in [2.45, 2.75) is 35.5 Å². The molecule has 0 bridgehead atoms. The highest BCUT2D eigenvalue weighted by molar-refractivity contribution is 14.1. The maximum Gasteiger partial charge on any atom is 0.0361 e. The number of nitrogens with one attached hydrogen (secondary N) is 1. The van der Waals surface area contributed by atoms with Crippen molar-refractivity contribution in [3.05, 3.63) is 94.9 Å². The molecule has 5 rings (SSSR count). The molecule has 3 aliphatic rings. The van der Waals surface area contributed by atoms with Crippen LogP contribution in [0.4, 0.5) is 0 Å². The normalized spacial score (nSPS) is 23.2. The Kier molecular flexibility index (Phi) is 4.24. The Labute approximate surface area is 169 Å². The van der Waals surface area contributed by atoms with Crippen molar-refractivity contribution in [1.29, 1.82) is 0 Å². The molecule has 2 unspecified atom stereocenters. The molecule has 2 aromatic rings. The molecule has 2 aliphatic carbocycles. The summed E-state index contributed by atoms with van der Waals surface area (Å²) in [6.45, 7) is 0. The Balaban J connectivity index is 1.65. The second-order valence-electron chi connectivity index (χ2n) is 7.36. The van der Waals surface area contributed by atoms with E-state index in [-0.39, 0.29) is 0 Å². The zero-order valence-electron chi connectivity index (χ0n) is 14.7. The lowest BCUT2D eigenvalue weighted by Gasteiger charge is -2.35.